The SMILES string of the molecule is CC(C)CC(=O)NN=Cc1ccco1. The van der Waals surface area contributed by atoms with E-state index in [0.717, 1.165) is 0 Å². The molecule has 4 nitrogen and oxygen atoms in total. The Kier molecular flexibility index (Phi) is 3.91. The third kappa shape index (κ3) is 3.89. The van der Waals surface area contributed by atoms with E-state index in [9.17, 15) is 4.79 Å². The summed E-state index contributed by atoms with van der Waals surface area (Å²) in [5.74, 6) is 0.881. The van der Waals surface area contributed by atoms with Gasteiger partial charge in [0.2, 0.25) is 5.91 Å². The normalized spacial score (nSPS) is 11.1. The standard InChI is InChI=1S/C10H14N2O2/c1-8(2)6-10(13)12-11-7-9-4-3-5-14-9/h3-5,7-8H,6H2,1-2H3,(H,12,13). The summed E-state index contributed by atoms with van der Waals surface area (Å²) < 4.78 is 5.00. The van der Waals surface area contributed by atoms with Crippen molar-refractivity contribution in [1.29, 1.82) is 0 Å². The number of hydrogen-bond acceptors (Lipinski definition) is 3. The topological polar surface area (TPSA) is 54.6 Å². The molecular weight excluding hydrogens is 180 g/mol. The summed E-state index contributed by atoms with van der Waals surface area (Å²) in [7, 11) is 0. The summed E-state index contributed by atoms with van der Waals surface area (Å²) in [5.41, 5.74) is 2.42. The highest BCUT2D eigenvalue weighted by molar-refractivity contribution is 5.80. The third-order valence-corrected chi connectivity index (χ3v) is 1.52. The lowest BCUT2D eigenvalue weighted by Crippen LogP contribution is -2.18. The van der Waals surface area contributed by atoms with Gasteiger partial charge in [-0.25, -0.2) is 5.43 Å². The van der Waals surface area contributed by atoms with Crippen molar-refractivity contribution >= 4 is 12.1 Å². The second kappa shape index (κ2) is 5.21. The first-order valence-corrected chi connectivity index (χ1v) is 4.54. The summed E-state index contributed by atoms with van der Waals surface area (Å²) in [5, 5.41) is 3.75. The minimum absolute atomic E-state index is 0.0807. The first-order chi connectivity index (χ1) is 6.68. The van der Waals surface area contributed by atoms with Crippen LogP contribution in [-0.2, 0) is 4.79 Å². The van der Waals surface area contributed by atoms with Gasteiger partial charge in [0.05, 0.1) is 12.5 Å². The molecule has 0 saturated carbocycles. The monoisotopic (exact) mass is 194 g/mol. The average Bonchev–Trinajstić information content (AvgIpc) is 2.55. The molecule has 0 atom stereocenters. The molecule has 0 saturated heterocycles. The van der Waals surface area contributed by atoms with Crippen LogP contribution < -0.4 is 5.43 Å². The number of nitrogens with zero attached hydrogens (tertiary/aromatic N) is 1. The Labute approximate surface area is 83.0 Å². The van der Waals surface area contributed by atoms with E-state index < -0.39 is 0 Å². The molecule has 1 aromatic heterocycles. The quantitative estimate of drug-likeness (QED) is 0.586. The van der Waals surface area contributed by atoms with E-state index in [4.69, 9.17) is 4.42 Å². The molecule has 14 heavy (non-hydrogen) atoms. The van der Waals surface area contributed by atoms with Crippen LogP contribution in [-0.4, -0.2) is 12.1 Å². The fraction of sp³-hybridized carbons (Fsp3) is 0.400. The lowest BCUT2D eigenvalue weighted by Gasteiger charge is -2.01. The van der Waals surface area contributed by atoms with Gasteiger partial charge in [0, 0.05) is 6.42 Å². The molecule has 1 heterocycles. The van der Waals surface area contributed by atoms with E-state index in [1.54, 1.807) is 18.4 Å². The number of amides is 1. The molecular formula is C10H14N2O2. The van der Waals surface area contributed by atoms with Crippen LogP contribution in [0.4, 0.5) is 0 Å². The van der Waals surface area contributed by atoms with Gasteiger partial charge in [-0.3, -0.25) is 4.79 Å². The van der Waals surface area contributed by atoms with Crippen LogP contribution in [0.25, 0.3) is 0 Å². The molecule has 0 radical (unpaired) electrons. The summed E-state index contributed by atoms with van der Waals surface area (Å²) in [6.07, 6.45) is 3.50. The lowest BCUT2D eigenvalue weighted by atomic mass is 10.1. The van der Waals surface area contributed by atoms with E-state index in [0.29, 0.717) is 18.1 Å². The van der Waals surface area contributed by atoms with E-state index >= 15 is 0 Å². The molecule has 4 heteroatoms. The molecule has 1 N–H and O–H groups in total. The maximum absolute atomic E-state index is 11.1. The Bertz CT molecular complexity index is 302. The number of hydrogen-bond donors (Lipinski definition) is 1. The second-order valence-electron chi connectivity index (χ2n) is 3.41. The Morgan fingerprint density at radius 3 is 3.07 bits per heavy atom. The number of hydrazone groups is 1. The fourth-order valence-electron chi connectivity index (χ4n) is 0.949. The molecule has 0 aliphatic rings. The molecule has 0 fully saturated rings. The smallest absolute Gasteiger partial charge is 0.240 e. The number of carbonyl (C=O) groups is 1. The zero-order valence-electron chi connectivity index (χ0n) is 8.36. The molecule has 0 spiro atoms. The summed E-state index contributed by atoms with van der Waals surface area (Å²) in [6.45, 7) is 3.96. The molecule has 0 unspecified atom stereocenters. The Hall–Kier alpha value is -1.58. The van der Waals surface area contributed by atoms with Crippen LogP contribution in [0.2, 0.25) is 0 Å². The Balaban J connectivity index is 2.30. The maximum atomic E-state index is 11.1. The van der Waals surface area contributed by atoms with Gasteiger partial charge in [-0.05, 0) is 18.1 Å². The minimum Gasteiger partial charge on any atom is -0.463 e. The van der Waals surface area contributed by atoms with Gasteiger partial charge in [-0.15, -0.1) is 0 Å². The summed E-state index contributed by atoms with van der Waals surface area (Å²) in [6, 6.07) is 3.52. The molecule has 0 aliphatic carbocycles. The number of furan rings is 1. The number of rotatable bonds is 4. The molecule has 0 bridgehead atoms. The average molecular weight is 194 g/mol. The highest BCUT2D eigenvalue weighted by Crippen LogP contribution is 1.98. The van der Waals surface area contributed by atoms with E-state index in [1.165, 1.54) is 6.21 Å². The lowest BCUT2D eigenvalue weighted by molar-refractivity contribution is -0.121. The van der Waals surface area contributed by atoms with Gasteiger partial charge >= 0.3 is 0 Å². The van der Waals surface area contributed by atoms with Crippen molar-refractivity contribution < 1.29 is 9.21 Å². The predicted octanol–water partition coefficient (Wildman–Crippen LogP) is 1.78. The van der Waals surface area contributed by atoms with Crippen molar-refractivity contribution in [3.8, 4) is 0 Å². The summed E-state index contributed by atoms with van der Waals surface area (Å²) >= 11 is 0. The molecule has 1 aromatic rings. The molecule has 1 amide bonds. The predicted molar refractivity (Wildman–Crippen MR) is 53.9 cm³/mol. The van der Waals surface area contributed by atoms with Gasteiger partial charge in [0.1, 0.15) is 5.76 Å². The third-order valence-electron chi connectivity index (χ3n) is 1.52. The zero-order valence-corrected chi connectivity index (χ0v) is 8.36. The van der Waals surface area contributed by atoms with Crippen molar-refractivity contribution in [2.75, 3.05) is 0 Å². The van der Waals surface area contributed by atoms with Gasteiger partial charge in [-0.1, -0.05) is 13.8 Å². The molecule has 0 aliphatic heterocycles. The van der Waals surface area contributed by atoms with Crippen LogP contribution in [0.5, 0.6) is 0 Å². The highest BCUT2D eigenvalue weighted by Gasteiger charge is 2.02. The van der Waals surface area contributed by atoms with Crippen molar-refractivity contribution in [3.05, 3.63) is 24.2 Å². The molecule has 76 valence electrons. The van der Waals surface area contributed by atoms with Gasteiger partial charge in [-0.2, -0.15) is 5.10 Å². The Morgan fingerprint density at radius 1 is 1.71 bits per heavy atom. The molecule has 0 aromatic carbocycles. The second-order valence-corrected chi connectivity index (χ2v) is 3.41. The Morgan fingerprint density at radius 2 is 2.50 bits per heavy atom. The number of carbonyl (C=O) groups excluding carboxylic acids is 1. The highest BCUT2D eigenvalue weighted by atomic mass is 16.3. The zero-order chi connectivity index (χ0) is 10.4. The van der Waals surface area contributed by atoms with Crippen LogP contribution in [0.3, 0.4) is 0 Å². The van der Waals surface area contributed by atoms with Gasteiger partial charge in [0.15, 0.2) is 0 Å². The van der Waals surface area contributed by atoms with Crippen molar-refractivity contribution in [2.24, 2.45) is 11.0 Å². The van der Waals surface area contributed by atoms with Crippen LogP contribution in [0.15, 0.2) is 27.9 Å². The van der Waals surface area contributed by atoms with Crippen molar-refractivity contribution in [3.63, 3.8) is 0 Å². The van der Waals surface area contributed by atoms with Gasteiger partial charge in [0.25, 0.3) is 0 Å². The first-order valence-electron chi connectivity index (χ1n) is 4.54. The van der Waals surface area contributed by atoms with E-state index in [2.05, 4.69) is 10.5 Å². The largest absolute Gasteiger partial charge is 0.463 e. The van der Waals surface area contributed by atoms with Crippen molar-refractivity contribution in [1.82, 2.24) is 5.43 Å². The van der Waals surface area contributed by atoms with Crippen molar-refractivity contribution in [2.45, 2.75) is 20.3 Å². The fourth-order valence-corrected chi connectivity index (χ4v) is 0.949. The van der Waals surface area contributed by atoms with E-state index in [-0.39, 0.29) is 5.91 Å². The first kappa shape index (κ1) is 10.5. The van der Waals surface area contributed by atoms with E-state index in [1.807, 2.05) is 13.8 Å². The summed E-state index contributed by atoms with van der Waals surface area (Å²) in [4.78, 5) is 11.1. The van der Waals surface area contributed by atoms with Crippen LogP contribution in [0.1, 0.15) is 26.0 Å². The van der Waals surface area contributed by atoms with Crippen LogP contribution >= 0.6 is 0 Å². The molecule has 1 rings (SSSR count). The van der Waals surface area contributed by atoms with Gasteiger partial charge < -0.3 is 4.42 Å². The minimum atomic E-state index is -0.0807. The number of nitrogens with one attached hydrogen (secondary N) is 1. The van der Waals surface area contributed by atoms with Crippen LogP contribution in [0, 0.1) is 5.92 Å². The maximum Gasteiger partial charge on any atom is 0.240 e.